The Morgan fingerprint density at radius 1 is 1.14 bits per heavy atom. The van der Waals surface area contributed by atoms with Gasteiger partial charge in [-0.3, -0.25) is 4.79 Å². The van der Waals surface area contributed by atoms with Crippen LogP contribution in [0.15, 0.2) is 34.5 Å². The summed E-state index contributed by atoms with van der Waals surface area (Å²) in [6.07, 6.45) is 1.91. The van der Waals surface area contributed by atoms with Gasteiger partial charge >= 0.3 is 0 Å². The van der Waals surface area contributed by atoms with E-state index in [0.29, 0.717) is 31.0 Å². The molecule has 4 rings (SSSR count). The lowest BCUT2D eigenvalue weighted by molar-refractivity contribution is -0.139. The number of rotatable bonds is 3. The van der Waals surface area contributed by atoms with Gasteiger partial charge in [0, 0.05) is 35.5 Å². The molecule has 2 aliphatic rings. The van der Waals surface area contributed by atoms with Crippen LogP contribution in [0, 0.1) is 5.92 Å². The molecule has 0 bridgehead atoms. The number of halogens is 2. The molecule has 2 aliphatic heterocycles. The average Bonchev–Trinajstić information content (AvgIpc) is 3.19. The molecule has 2 aromatic rings. The minimum Gasteiger partial charge on any atom is -0.335 e. The highest BCUT2D eigenvalue weighted by atomic mass is 35.5. The topological polar surface area (TPSA) is 57.7 Å². The van der Waals surface area contributed by atoms with Crippen LogP contribution in [0.3, 0.4) is 0 Å². The predicted molar refractivity (Wildman–Crippen MR) is 116 cm³/mol. The van der Waals surface area contributed by atoms with Crippen molar-refractivity contribution in [2.45, 2.75) is 37.1 Å². The number of carbonyl (C=O) groups is 1. The summed E-state index contributed by atoms with van der Waals surface area (Å²) in [7, 11) is -3.74. The maximum atomic E-state index is 13.1. The number of hydrogen-bond donors (Lipinski definition) is 0. The molecule has 156 valence electrons. The van der Waals surface area contributed by atoms with Gasteiger partial charge in [0.2, 0.25) is 15.9 Å². The fourth-order valence-corrected chi connectivity index (χ4v) is 7.37. The zero-order valence-corrected chi connectivity index (χ0v) is 19.1. The molecule has 1 amide bonds. The van der Waals surface area contributed by atoms with E-state index in [1.165, 1.54) is 26.9 Å². The average molecular weight is 473 g/mol. The van der Waals surface area contributed by atoms with Crippen molar-refractivity contribution in [3.63, 3.8) is 0 Å². The van der Waals surface area contributed by atoms with Crippen molar-refractivity contribution in [2.24, 2.45) is 5.92 Å². The van der Waals surface area contributed by atoms with Gasteiger partial charge in [0.15, 0.2) is 0 Å². The van der Waals surface area contributed by atoms with Crippen LogP contribution in [0.4, 0.5) is 0 Å². The van der Waals surface area contributed by atoms with Crippen LogP contribution >= 0.6 is 34.5 Å². The largest absolute Gasteiger partial charge is 0.335 e. The molecule has 29 heavy (non-hydrogen) atoms. The van der Waals surface area contributed by atoms with Crippen molar-refractivity contribution >= 4 is 50.5 Å². The summed E-state index contributed by atoms with van der Waals surface area (Å²) < 4.78 is 27.4. The monoisotopic (exact) mass is 472 g/mol. The number of amides is 1. The third-order valence-corrected chi connectivity index (χ3v) is 9.49. The van der Waals surface area contributed by atoms with Crippen LogP contribution in [-0.4, -0.2) is 43.2 Å². The molecule has 1 atom stereocenters. The summed E-state index contributed by atoms with van der Waals surface area (Å²) in [5.41, 5.74) is 1.24. The molecule has 1 aromatic carbocycles. The van der Waals surface area contributed by atoms with Gasteiger partial charge in [-0.2, -0.15) is 4.31 Å². The molecule has 3 heterocycles. The van der Waals surface area contributed by atoms with Gasteiger partial charge in [-0.15, -0.1) is 11.3 Å². The van der Waals surface area contributed by atoms with Crippen molar-refractivity contribution in [2.75, 3.05) is 19.6 Å². The molecule has 0 saturated carbocycles. The van der Waals surface area contributed by atoms with Gasteiger partial charge in [-0.25, -0.2) is 8.42 Å². The lowest BCUT2D eigenvalue weighted by atomic mass is 9.93. The highest BCUT2D eigenvalue weighted by Crippen LogP contribution is 2.36. The first-order chi connectivity index (χ1) is 13.8. The second-order valence-electron chi connectivity index (χ2n) is 7.51. The van der Waals surface area contributed by atoms with Gasteiger partial charge in [-0.05, 0) is 61.4 Å². The van der Waals surface area contributed by atoms with Crippen LogP contribution in [0.25, 0.3) is 0 Å². The van der Waals surface area contributed by atoms with E-state index in [1.54, 1.807) is 17.4 Å². The molecule has 1 aromatic heterocycles. The van der Waals surface area contributed by atoms with Crippen molar-refractivity contribution in [3.05, 3.63) is 50.1 Å². The second kappa shape index (κ2) is 8.19. The number of fused-ring (bicyclic) bond motifs is 1. The summed E-state index contributed by atoms with van der Waals surface area (Å²) in [6.45, 7) is 3.40. The summed E-state index contributed by atoms with van der Waals surface area (Å²) in [4.78, 5) is 16.5. The van der Waals surface area contributed by atoms with E-state index < -0.39 is 10.0 Å². The zero-order chi connectivity index (χ0) is 20.8. The van der Waals surface area contributed by atoms with Crippen molar-refractivity contribution in [3.8, 4) is 0 Å². The van der Waals surface area contributed by atoms with E-state index in [2.05, 4.69) is 18.4 Å². The predicted octanol–water partition coefficient (Wildman–Crippen LogP) is 4.60. The van der Waals surface area contributed by atoms with Gasteiger partial charge in [-0.1, -0.05) is 23.2 Å². The molecule has 9 heteroatoms. The summed E-state index contributed by atoms with van der Waals surface area (Å²) >= 11 is 13.8. The highest BCUT2D eigenvalue weighted by molar-refractivity contribution is 7.89. The highest BCUT2D eigenvalue weighted by Gasteiger charge is 2.37. The number of thiophene rings is 1. The van der Waals surface area contributed by atoms with Crippen LogP contribution in [0.5, 0.6) is 0 Å². The van der Waals surface area contributed by atoms with Gasteiger partial charge in [0.05, 0.1) is 11.1 Å². The third kappa shape index (κ3) is 3.95. The number of nitrogens with zero attached hydrogens (tertiary/aromatic N) is 2. The van der Waals surface area contributed by atoms with Gasteiger partial charge in [0.1, 0.15) is 4.90 Å². The Balaban J connectivity index is 1.44. The van der Waals surface area contributed by atoms with Crippen molar-refractivity contribution < 1.29 is 13.2 Å². The summed E-state index contributed by atoms with van der Waals surface area (Å²) in [5.74, 6) is -0.0221. The molecule has 0 N–H and O–H groups in total. The second-order valence-corrected chi connectivity index (χ2v) is 11.3. The molecule has 1 fully saturated rings. The van der Waals surface area contributed by atoms with Gasteiger partial charge < -0.3 is 4.90 Å². The first kappa shape index (κ1) is 21.1. The van der Waals surface area contributed by atoms with E-state index in [-0.39, 0.29) is 27.8 Å². The van der Waals surface area contributed by atoms with Crippen LogP contribution in [-0.2, 0) is 21.2 Å². The fraction of sp³-hybridized carbons (Fsp3) is 0.450. The zero-order valence-electron chi connectivity index (χ0n) is 16.0. The third-order valence-electron chi connectivity index (χ3n) is 5.87. The van der Waals surface area contributed by atoms with Crippen molar-refractivity contribution in [1.29, 1.82) is 0 Å². The molecule has 0 unspecified atom stereocenters. The van der Waals surface area contributed by atoms with Crippen LogP contribution in [0.2, 0.25) is 10.0 Å². The maximum Gasteiger partial charge on any atom is 0.244 e. The normalized spacial score (nSPS) is 21.2. The van der Waals surface area contributed by atoms with Crippen LogP contribution < -0.4 is 0 Å². The minimum atomic E-state index is -3.74. The van der Waals surface area contributed by atoms with E-state index >= 15 is 0 Å². The molecule has 5 nitrogen and oxygen atoms in total. The molecule has 0 radical (unpaired) electrons. The van der Waals surface area contributed by atoms with E-state index in [1.807, 2.05) is 4.90 Å². The molecule has 1 saturated heterocycles. The molecular weight excluding hydrogens is 451 g/mol. The summed E-state index contributed by atoms with van der Waals surface area (Å²) in [6, 6.07) is 6.61. The number of carbonyl (C=O) groups excluding carboxylic acids is 1. The minimum absolute atomic E-state index is 0.0195. The summed E-state index contributed by atoms with van der Waals surface area (Å²) in [5, 5.41) is 2.56. The fourth-order valence-electron chi connectivity index (χ4n) is 4.20. The van der Waals surface area contributed by atoms with Gasteiger partial charge in [0.25, 0.3) is 0 Å². The van der Waals surface area contributed by atoms with E-state index in [9.17, 15) is 13.2 Å². The molecule has 0 spiro atoms. The smallest absolute Gasteiger partial charge is 0.244 e. The van der Waals surface area contributed by atoms with Crippen molar-refractivity contribution in [1.82, 2.24) is 9.21 Å². The Kier molecular flexibility index (Phi) is 5.97. The first-order valence-corrected chi connectivity index (χ1v) is 12.7. The lowest BCUT2D eigenvalue weighted by Crippen LogP contribution is -2.46. The van der Waals surface area contributed by atoms with E-state index in [0.717, 1.165) is 13.0 Å². The SMILES string of the molecule is C[C@H]1c2ccsc2CCN1C(=O)C1CCN(S(=O)(=O)c2cc(Cl)ccc2Cl)CC1. The Hall–Kier alpha value is -1.12. The quantitative estimate of drug-likeness (QED) is 0.655. The Morgan fingerprint density at radius 2 is 1.86 bits per heavy atom. The molecule has 0 aliphatic carbocycles. The van der Waals surface area contributed by atoms with Crippen LogP contribution in [0.1, 0.15) is 36.2 Å². The first-order valence-electron chi connectivity index (χ1n) is 9.61. The number of benzene rings is 1. The lowest BCUT2D eigenvalue weighted by Gasteiger charge is -2.38. The van der Waals surface area contributed by atoms with E-state index in [4.69, 9.17) is 23.2 Å². The number of sulfonamides is 1. The number of piperidine rings is 1. The Morgan fingerprint density at radius 3 is 2.59 bits per heavy atom. The standard InChI is InChI=1S/C20H22Cl2N2O3S2/c1-13-16-7-11-28-18(16)6-10-24(13)20(25)14-4-8-23(9-5-14)29(26,27)19-12-15(21)2-3-17(19)22/h2-3,7,11-14H,4-6,8-10H2,1H3/t13-/m0/s1. The number of hydrogen-bond acceptors (Lipinski definition) is 4. The Labute approximate surface area is 185 Å². The molecular formula is C20H22Cl2N2O3S2. The maximum absolute atomic E-state index is 13.1. The Bertz CT molecular complexity index is 1030.